The van der Waals surface area contributed by atoms with E-state index >= 15 is 0 Å². The molecule has 23 heavy (non-hydrogen) atoms. The molecule has 5 nitrogen and oxygen atoms in total. The Balaban J connectivity index is 2.37. The summed E-state index contributed by atoms with van der Waals surface area (Å²) in [6.07, 6.45) is 5.07. The van der Waals surface area contributed by atoms with Crippen LogP contribution in [-0.4, -0.2) is 42.1 Å². The maximum Gasteiger partial charge on any atom is 0.410 e. The largest absolute Gasteiger partial charge is 0.444 e. The first-order chi connectivity index (χ1) is 10.8. The van der Waals surface area contributed by atoms with E-state index in [1.807, 2.05) is 20.8 Å². The third-order valence-corrected chi connectivity index (χ3v) is 4.32. The van der Waals surface area contributed by atoms with E-state index < -0.39 is 5.60 Å². The summed E-state index contributed by atoms with van der Waals surface area (Å²) in [5, 5.41) is 3.07. The summed E-state index contributed by atoms with van der Waals surface area (Å²) in [7, 11) is 0. The van der Waals surface area contributed by atoms with Gasteiger partial charge in [0.25, 0.3) is 0 Å². The molecule has 1 fully saturated rings. The molecule has 1 saturated heterocycles. The second-order valence-corrected chi connectivity index (χ2v) is 7.57. The molecule has 1 rings (SSSR count). The average molecular weight is 326 g/mol. The van der Waals surface area contributed by atoms with Crippen LogP contribution in [0.25, 0.3) is 0 Å². The van der Waals surface area contributed by atoms with Crippen LogP contribution in [0.4, 0.5) is 4.79 Å². The summed E-state index contributed by atoms with van der Waals surface area (Å²) in [4.78, 5) is 26.0. The zero-order chi connectivity index (χ0) is 17.5. The van der Waals surface area contributed by atoms with Crippen molar-refractivity contribution in [2.45, 2.75) is 72.3 Å². The number of hydrogen-bond donors (Lipinski definition) is 1. The number of carbonyl (C=O) groups is 2. The topological polar surface area (TPSA) is 58.6 Å². The molecule has 1 N–H and O–H groups in total. The van der Waals surface area contributed by atoms with Crippen molar-refractivity contribution in [3.63, 3.8) is 0 Å². The van der Waals surface area contributed by atoms with Gasteiger partial charge in [-0.15, -0.1) is 0 Å². The summed E-state index contributed by atoms with van der Waals surface area (Å²) in [6, 6.07) is 0. The fourth-order valence-electron chi connectivity index (χ4n) is 2.80. The molecule has 0 aliphatic carbocycles. The van der Waals surface area contributed by atoms with Crippen molar-refractivity contribution in [3.8, 4) is 0 Å². The van der Waals surface area contributed by atoms with Crippen LogP contribution in [0.1, 0.15) is 66.7 Å². The van der Waals surface area contributed by atoms with Crippen LogP contribution in [-0.2, 0) is 9.53 Å². The molecule has 0 bridgehead atoms. The minimum absolute atomic E-state index is 0.0750. The summed E-state index contributed by atoms with van der Waals surface area (Å²) < 4.78 is 5.36. The summed E-state index contributed by atoms with van der Waals surface area (Å²) in [6.45, 7) is 11.7. The van der Waals surface area contributed by atoms with Gasteiger partial charge in [-0.1, -0.05) is 33.1 Å². The first kappa shape index (κ1) is 19.8. The molecule has 1 heterocycles. The van der Waals surface area contributed by atoms with Gasteiger partial charge in [-0.05, 0) is 39.5 Å². The predicted molar refractivity (Wildman–Crippen MR) is 92.2 cm³/mol. The van der Waals surface area contributed by atoms with Crippen molar-refractivity contribution in [2.24, 2.45) is 11.8 Å². The van der Waals surface area contributed by atoms with Crippen molar-refractivity contribution >= 4 is 12.0 Å². The Kier molecular flexibility index (Phi) is 7.86. The fraction of sp³-hybridized carbons (Fsp3) is 0.889. The molecule has 0 saturated carbocycles. The highest BCUT2D eigenvalue weighted by Gasteiger charge is 2.33. The number of hydrogen-bond acceptors (Lipinski definition) is 3. The van der Waals surface area contributed by atoms with Crippen LogP contribution >= 0.6 is 0 Å². The monoisotopic (exact) mass is 326 g/mol. The third-order valence-electron chi connectivity index (χ3n) is 4.32. The maximum absolute atomic E-state index is 12.3. The van der Waals surface area contributed by atoms with Gasteiger partial charge in [0.2, 0.25) is 5.91 Å². The number of amides is 2. The number of carbonyl (C=O) groups excluding carboxylic acids is 2. The number of likely N-dealkylation sites (tertiary alicyclic amines) is 1. The normalized spacial score (nSPS) is 19.5. The highest BCUT2D eigenvalue weighted by molar-refractivity contribution is 5.80. The molecule has 2 unspecified atom stereocenters. The van der Waals surface area contributed by atoms with E-state index in [2.05, 4.69) is 19.2 Å². The molecule has 0 spiro atoms. The molecule has 5 heteroatoms. The number of nitrogens with zero attached hydrogens (tertiary/aromatic N) is 1. The second-order valence-electron chi connectivity index (χ2n) is 7.57. The Hall–Kier alpha value is -1.26. The Bertz CT molecular complexity index is 390. The van der Waals surface area contributed by atoms with Gasteiger partial charge in [-0.25, -0.2) is 4.79 Å². The van der Waals surface area contributed by atoms with Gasteiger partial charge in [0.05, 0.1) is 5.92 Å². The van der Waals surface area contributed by atoms with Gasteiger partial charge in [0.1, 0.15) is 5.60 Å². The SMILES string of the molecule is CCCCC(CC)CNC(=O)C1CCN(C(=O)OC(C)(C)C)C1. The van der Waals surface area contributed by atoms with E-state index in [0.717, 1.165) is 19.4 Å². The average Bonchev–Trinajstić information content (AvgIpc) is 2.95. The Morgan fingerprint density at radius 1 is 1.30 bits per heavy atom. The van der Waals surface area contributed by atoms with E-state index in [-0.39, 0.29) is 17.9 Å². The minimum Gasteiger partial charge on any atom is -0.444 e. The zero-order valence-corrected chi connectivity index (χ0v) is 15.5. The van der Waals surface area contributed by atoms with Crippen LogP contribution in [0.15, 0.2) is 0 Å². The van der Waals surface area contributed by atoms with Gasteiger partial charge < -0.3 is 15.0 Å². The molecule has 0 aromatic heterocycles. The van der Waals surface area contributed by atoms with E-state index in [1.165, 1.54) is 19.3 Å². The third kappa shape index (κ3) is 7.23. The molecule has 0 aromatic carbocycles. The van der Waals surface area contributed by atoms with Gasteiger partial charge in [0, 0.05) is 19.6 Å². The van der Waals surface area contributed by atoms with Crippen LogP contribution in [0.5, 0.6) is 0 Å². The Labute approximate surface area is 141 Å². The summed E-state index contributed by atoms with van der Waals surface area (Å²) in [5.41, 5.74) is -0.495. The lowest BCUT2D eigenvalue weighted by atomic mass is 9.99. The van der Waals surface area contributed by atoms with Crippen molar-refractivity contribution in [2.75, 3.05) is 19.6 Å². The molecule has 1 aliphatic heterocycles. The second kappa shape index (κ2) is 9.14. The molecular formula is C18H34N2O3. The van der Waals surface area contributed by atoms with Gasteiger partial charge in [0.15, 0.2) is 0 Å². The number of rotatable bonds is 7. The van der Waals surface area contributed by atoms with Crippen molar-refractivity contribution in [3.05, 3.63) is 0 Å². The Morgan fingerprint density at radius 2 is 2.00 bits per heavy atom. The van der Waals surface area contributed by atoms with Crippen molar-refractivity contribution in [1.29, 1.82) is 0 Å². The lowest BCUT2D eigenvalue weighted by molar-refractivity contribution is -0.124. The molecule has 2 atom stereocenters. The van der Waals surface area contributed by atoms with E-state index in [0.29, 0.717) is 19.0 Å². The Morgan fingerprint density at radius 3 is 2.57 bits per heavy atom. The summed E-state index contributed by atoms with van der Waals surface area (Å²) in [5.74, 6) is 0.527. The maximum atomic E-state index is 12.3. The van der Waals surface area contributed by atoms with E-state index in [4.69, 9.17) is 4.74 Å². The predicted octanol–water partition coefficient (Wildman–Crippen LogP) is 3.58. The minimum atomic E-state index is -0.495. The smallest absolute Gasteiger partial charge is 0.410 e. The lowest BCUT2D eigenvalue weighted by Gasteiger charge is -2.24. The number of ether oxygens (including phenoxy) is 1. The number of nitrogens with one attached hydrogen (secondary N) is 1. The zero-order valence-electron chi connectivity index (χ0n) is 15.5. The first-order valence-electron chi connectivity index (χ1n) is 9.02. The molecule has 2 amide bonds. The molecule has 0 radical (unpaired) electrons. The molecule has 1 aliphatic rings. The molecule has 134 valence electrons. The van der Waals surface area contributed by atoms with Crippen molar-refractivity contribution in [1.82, 2.24) is 10.2 Å². The highest BCUT2D eigenvalue weighted by Crippen LogP contribution is 2.20. The van der Waals surface area contributed by atoms with Gasteiger partial charge in [-0.3, -0.25) is 4.79 Å². The van der Waals surface area contributed by atoms with E-state index in [1.54, 1.807) is 4.90 Å². The van der Waals surface area contributed by atoms with Crippen molar-refractivity contribution < 1.29 is 14.3 Å². The first-order valence-corrected chi connectivity index (χ1v) is 9.02. The number of unbranched alkanes of at least 4 members (excludes halogenated alkanes) is 1. The van der Waals surface area contributed by atoms with Gasteiger partial charge >= 0.3 is 6.09 Å². The molecule has 0 aromatic rings. The highest BCUT2D eigenvalue weighted by atomic mass is 16.6. The molecular weight excluding hydrogens is 292 g/mol. The van der Waals surface area contributed by atoms with Crippen LogP contribution in [0.2, 0.25) is 0 Å². The van der Waals surface area contributed by atoms with Crippen LogP contribution in [0.3, 0.4) is 0 Å². The van der Waals surface area contributed by atoms with Crippen LogP contribution in [0, 0.1) is 11.8 Å². The van der Waals surface area contributed by atoms with E-state index in [9.17, 15) is 9.59 Å². The van der Waals surface area contributed by atoms with Gasteiger partial charge in [-0.2, -0.15) is 0 Å². The quantitative estimate of drug-likeness (QED) is 0.778. The lowest BCUT2D eigenvalue weighted by Crippen LogP contribution is -2.38. The summed E-state index contributed by atoms with van der Waals surface area (Å²) >= 11 is 0. The standard InChI is InChI=1S/C18H34N2O3/c1-6-8-9-14(7-2)12-19-16(21)15-10-11-20(13-15)17(22)23-18(3,4)5/h14-15H,6-13H2,1-5H3,(H,19,21). The van der Waals surface area contributed by atoms with Crippen LogP contribution < -0.4 is 5.32 Å². The fourth-order valence-corrected chi connectivity index (χ4v) is 2.80.